The van der Waals surface area contributed by atoms with E-state index >= 15 is 8.78 Å². The first kappa shape index (κ1) is 36.1. The SMILES string of the molecule is CN(C)c1cccc2c(S(=O)(=O)NCc3cn([C@@H]4O[C@H](COC(=O)c5ccccc5)[C@@H](OC(=O)c5ccccc5)C4(F)F)c(=O)[nH]c3=O)cccc12. The molecule has 1 aliphatic rings. The topological polar surface area (TPSA) is 166 Å². The lowest BCUT2D eigenvalue weighted by molar-refractivity contribution is -0.142. The number of esters is 2. The fourth-order valence-electron chi connectivity index (χ4n) is 5.79. The van der Waals surface area contributed by atoms with Crippen LogP contribution in [0.4, 0.5) is 14.5 Å². The smallest absolute Gasteiger partial charge is 0.338 e. The quantitative estimate of drug-likeness (QED) is 0.191. The Balaban J connectivity index is 1.29. The van der Waals surface area contributed by atoms with Gasteiger partial charge in [-0.1, -0.05) is 60.7 Å². The van der Waals surface area contributed by atoms with Crippen molar-refractivity contribution in [1.82, 2.24) is 14.3 Å². The summed E-state index contributed by atoms with van der Waals surface area (Å²) in [5, 5.41) is 1.04. The van der Waals surface area contributed by atoms with E-state index in [1.807, 2.05) is 30.0 Å². The maximum atomic E-state index is 16.3. The van der Waals surface area contributed by atoms with Gasteiger partial charge >= 0.3 is 23.6 Å². The molecule has 2 heterocycles. The van der Waals surface area contributed by atoms with Crippen molar-refractivity contribution in [3.63, 3.8) is 0 Å². The molecule has 0 unspecified atom stereocenters. The first-order valence-corrected chi connectivity index (χ1v) is 17.3. The van der Waals surface area contributed by atoms with Crippen LogP contribution in [-0.2, 0) is 30.8 Å². The van der Waals surface area contributed by atoms with Gasteiger partial charge in [0.15, 0.2) is 6.10 Å². The fourth-order valence-corrected chi connectivity index (χ4v) is 7.01. The third kappa shape index (κ3) is 7.21. The van der Waals surface area contributed by atoms with Crippen LogP contribution < -0.4 is 20.9 Å². The molecule has 0 spiro atoms. The van der Waals surface area contributed by atoms with Crippen molar-refractivity contribution in [1.29, 1.82) is 0 Å². The van der Waals surface area contributed by atoms with E-state index < -0.39 is 76.3 Å². The lowest BCUT2D eigenvalue weighted by Gasteiger charge is -2.24. The highest BCUT2D eigenvalue weighted by atomic mass is 32.2. The summed E-state index contributed by atoms with van der Waals surface area (Å²) in [5.74, 6) is -6.15. The normalized spacial score (nSPS) is 18.2. The summed E-state index contributed by atoms with van der Waals surface area (Å²) >= 11 is 0. The molecule has 6 rings (SSSR count). The third-order valence-corrected chi connectivity index (χ3v) is 9.82. The second kappa shape index (κ2) is 14.5. The summed E-state index contributed by atoms with van der Waals surface area (Å²) in [4.78, 5) is 55.0. The molecule has 0 aliphatic carbocycles. The Hall–Kier alpha value is -5.71. The number of halogens is 2. The van der Waals surface area contributed by atoms with Gasteiger partial charge < -0.3 is 19.1 Å². The lowest BCUT2D eigenvalue weighted by Crippen LogP contribution is -2.45. The highest BCUT2D eigenvalue weighted by Crippen LogP contribution is 2.44. The van der Waals surface area contributed by atoms with Crippen LogP contribution in [0.1, 0.15) is 32.5 Å². The molecule has 0 radical (unpaired) electrons. The molecule has 16 heteroatoms. The van der Waals surface area contributed by atoms with E-state index in [0.717, 1.165) is 11.9 Å². The number of nitrogens with one attached hydrogen (secondary N) is 2. The number of anilines is 1. The third-order valence-electron chi connectivity index (χ3n) is 8.36. The van der Waals surface area contributed by atoms with Gasteiger partial charge in [-0.05, 0) is 36.4 Å². The number of rotatable bonds is 11. The molecule has 1 aliphatic heterocycles. The predicted molar refractivity (Wildman–Crippen MR) is 185 cm³/mol. The molecular formula is C36H32F2N4O9S. The van der Waals surface area contributed by atoms with Crippen molar-refractivity contribution in [3.8, 4) is 0 Å². The Morgan fingerprint density at radius 2 is 1.50 bits per heavy atom. The molecule has 1 aromatic heterocycles. The van der Waals surface area contributed by atoms with Gasteiger partial charge in [0.25, 0.3) is 5.56 Å². The van der Waals surface area contributed by atoms with Crippen molar-refractivity contribution < 1.29 is 41.0 Å². The number of fused-ring (bicyclic) bond motifs is 1. The van der Waals surface area contributed by atoms with Gasteiger partial charge in [-0.3, -0.25) is 14.3 Å². The summed E-state index contributed by atoms with van der Waals surface area (Å²) < 4.78 is 78.3. The number of aromatic amines is 1. The van der Waals surface area contributed by atoms with Crippen molar-refractivity contribution in [2.45, 2.75) is 35.8 Å². The van der Waals surface area contributed by atoms with E-state index in [2.05, 4.69) is 4.72 Å². The van der Waals surface area contributed by atoms with Crippen molar-refractivity contribution in [2.24, 2.45) is 0 Å². The molecule has 270 valence electrons. The van der Waals surface area contributed by atoms with Gasteiger partial charge in [-0.25, -0.2) is 27.5 Å². The van der Waals surface area contributed by atoms with E-state index in [-0.39, 0.29) is 16.0 Å². The van der Waals surface area contributed by atoms with Crippen LogP contribution in [0.3, 0.4) is 0 Å². The number of aromatic nitrogens is 2. The fraction of sp³-hybridized carbons (Fsp3) is 0.222. The highest BCUT2D eigenvalue weighted by molar-refractivity contribution is 7.89. The van der Waals surface area contributed by atoms with E-state index in [1.165, 1.54) is 42.5 Å². The largest absolute Gasteiger partial charge is 0.459 e. The molecule has 1 fully saturated rings. The Bertz CT molecular complexity index is 2350. The number of nitrogens with zero attached hydrogens (tertiary/aromatic N) is 2. The number of sulfonamides is 1. The number of hydrogen-bond acceptors (Lipinski definition) is 10. The maximum absolute atomic E-state index is 16.3. The van der Waals surface area contributed by atoms with Crippen molar-refractivity contribution >= 4 is 38.4 Å². The average Bonchev–Trinajstić information content (AvgIpc) is 3.38. The van der Waals surface area contributed by atoms with Crippen LogP contribution in [-0.4, -0.2) is 68.7 Å². The second-order valence-corrected chi connectivity index (χ2v) is 13.8. The van der Waals surface area contributed by atoms with Gasteiger partial charge in [0, 0.05) is 48.9 Å². The molecule has 0 bridgehead atoms. The zero-order chi connectivity index (χ0) is 37.2. The average molecular weight is 735 g/mol. The van der Waals surface area contributed by atoms with E-state index in [0.29, 0.717) is 15.3 Å². The molecule has 0 amide bonds. The first-order chi connectivity index (χ1) is 24.8. The van der Waals surface area contributed by atoms with Crippen LogP contribution in [0.5, 0.6) is 0 Å². The van der Waals surface area contributed by atoms with Crippen LogP contribution in [0.15, 0.2) is 118 Å². The maximum Gasteiger partial charge on any atom is 0.338 e. The monoisotopic (exact) mass is 734 g/mol. The summed E-state index contributed by atoms with van der Waals surface area (Å²) in [6.07, 6.45) is -5.89. The Labute approximate surface area is 295 Å². The summed E-state index contributed by atoms with van der Waals surface area (Å²) in [7, 11) is -0.684. The van der Waals surface area contributed by atoms with E-state index in [4.69, 9.17) is 14.2 Å². The van der Waals surface area contributed by atoms with E-state index in [1.54, 1.807) is 48.5 Å². The van der Waals surface area contributed by atoms with Crippen molar-refractivity contribution in [2.75, 3.05) is 25.6 Å². The number of ether oxygens (including phenoxy) is 3. The lowest BCUT2D eigenvalue weighted by atomic mass is 10.1. The van der Waals surface area contributed by atoms with Gasteiger partial charge in [0.05, 0.1) is 16.0 Å². The number of hydrogen-bond donors (Lipinski definition) is 2. The standard InChI is InChI=1S/C36H32F2N4O9S/c1-41(2)27-17-9-16-26-25(27)15-10-18-29(26)52(47,48)39-19-24-20-42(35(46)40-31(24)43)34-36(37,38)30(51-33(45)23-13-7-4-8-14-23)28(50-34)21-49-32(44)22-11-5-3-6-12-22/h3-18,20,28,30,34,39H,19,21H2,1-2H3,(H,40,43,46)/t28-,30-,34-/m1/s1. The van der Waals surface area contributed by atoms with Crippen LogP contribution >= 0.6 is 0 Å². The van der Waals surface area contributed by atoms with Gasteiger partial charge in [-0.15, -0.1) is 0 Å². The number of benzene rings is 4. The summed E-state index contributed by atoms with van der Waals surface area (Å²) in [6.45, 7) is -1.51. The highest BCUT2D eigenvalue weighted by Gasteiger charge is 2.63. The number of alkyl halides is 2. The van der Waals surface area contributed by atoms with Crippen molar-refractivity contribution in [3.05, 3.63) is 141 Å². The van der Waals surface area contributed by atoms with E-state index in [9.17, 15) is 27.6 Å². The van der Waals surface area contributed by atoms with Crippen LogP contribution in [0.25, 0.3) is 10.8 Å². The number of carbonyl (C=O) groups is 2. The van der Waals surface area contributed by atoms with Gasteiger partial charge in [-0.2, -0.15) is 8.78 Å². The minimum absolute atomic E-state index is 0.0540. The number of carbonyl (C=O) groups excluding carboxylic acids is 2. The molecule has 3 atom stereocenters. The van der Waals surface area contributed by atoms with Crippen LogP contribution in [0, 0.1) is 0 Å². The Morgan fingerprint density at radius 3 is 2.15 bits per heavy atom. The minimum Gasteiger partial charge on any atom is -0.459 e. The second-order valence-electron chi connectivity index (χ2n) is 12.0. The molecule has 0 saturated carbocycles. The van der Waals surface area contributed by atoms with Gasteiger partial charge in [0.1, 0.15) is 12.7 Å². The molecule has 13 nitrogen and oxygen atoms in total. The number of H-pyrrole nitrogens is 1. The molecule has 5 aromatic rings. The molecule has 2 N–H and O–H groups in total. The minimum atomic E-state index is -4.30. The van der Waals surface area contributed by atoms with Gasteiger partial charge in [0.2, 0.25) is 16.3 Å². The molecule has 1 saturated heterocycles. The Morgan fingerprint density at radius 1 is 0.885 bits per heavy atom. The zero-order valence-electron chi connectivity index (χ0n) is 27.7. The molecular weight excluding hydrogens is 702 g/mol. The molecule has 4 aromatic carbocycles. The molecule has 52 heavy (non-hydrogen) atoms. The zero-order valence-corrected chi connectivity index (χ0v) is 28.5. The Kier molecular flexibility index (Phi) is 10.1. The predicted octanol–water partition coefficient (Wildman–Crippen LogP) is 3.85. The first-order valence-electron chi connectivity index (χ1n) is 15.8. The summed E-state index contributed by atoms with van der Waals surface area (Å²) in [5.41, 5.74) is -1.95. The van der Waals surface area contributed by atoms with Crippen LogP contribution in [0.2, 0.25) is 0 Å². The summed E-state index contributed by atoms with van der Waals surface area (Å²) in [6, 6.07) is 24.8.